The maximum Gasteiger partial charge on any atom is 0.159 e. The van der Waals surface area contributed by atoms with Gasteiger partial charge in [-0.2, -0.15) is 0 Å². The molecule has 0 aliphatic carbocycles. The van der Waals surface area contributed by atoms with Crippen molar-refractivity contribution in [3.05, 3.63) is 176 Å². The fraction of sp³-hybridized carbons (Fsp3) is 0. The van der Waals surface area contributed by atoms with Gasteiger partial charge in [0, 0.05) is 22.1 Å². The van der Waals surface area contributed by atoms with Crippen molar-refractivity contribution in [2.45, 2.75) is 0 Å². The lowest BCUT2D eigenvalue weighted by Gasteiger charge is -2.26. The molecule has 0 radical (unpaired) electrons. The normalized spacial score (nSPS) is 11.5. The highest BCUT2D eigenvalue weighted by molar-refractivity contribution is 6.10. The molecule has 1 aromatic heterocycles. The van der Waals surface area contributed by atoms with Gasteiger partial charge in [0.2, 0.25) is 0 Å². The fourth-order valence-electron chi connectivity index (χ4n) is 6.70. The molecule has 216 valence electrons. The van der Waals surface area contributed by atoms with Crippen molar-refractivity contribution in [1.29, 1.82) is 0 Å². The zero-order valence-corrected chi connectivity index (χ0v) is 25.1. The van der Waals surface area contributed by atoms with Crippen molar-refractivity contribution in [2.24, 2.45) is 0 Å². The second-order valence-electron chi connectivity index (χ2n) is 11.8. The van der Waals surface area contributed by atoms with Gasteiger partial charge in [0.05, 0.1) is 5.69 Å². The molecular formula is C44H29NO. The summed E-state index contributed by atoms with van der Waals surface area (Å²) in [4.78, 5) is 2.34. The van der Waals surface area contributed by atoms with E-state index in [1.165, 1.54) is 43.8 Å². The third-order valence-electron chi connectivity index (χ3n) is 9.00. The topological polar surface area (TPSA) is 16.4 Å². The second kappa shape index (κ2) is 10.8. The van der Waals surface area contributed by atoms with Crippen molar-refractivity contribution >= 4 is 60.5 Å². The molecule has 1 heterocycles. The average Bonchev–Trinajstić information content (AvgIpc) is 3.51. The van der Waals surface area contributed by atoms with Gasteiger partial charge in [0.15, 0.2) is 5.58 Å². The molecule has 0 unspecified atom stereocenters. The first-order chi connectivity index (χ1) is 22.8. The van der Waals surface area contributed by atoms with E-state index >= 15 is 0 Å². The summed E-state index contributed by atoms with van der Waals surface area (Å²) in [5.74, 6) is 0. The number of benzene rings is 8. The summed E-state index contributed by atoms with van der Waals surface area (Å²) in [7, 11) is 0. The van der Waals surface area contributed by atoms with Crippen LogP contribution in [0.4, 0.5) is 17.1 Å². The molecule has 0 spiro atoms. The van der Waals surface area contributed by atoms with Crippen LogP contribution in [0.2, 0.25) is 0 Å². The Balaban J connectivity index is 1.27. The van der Waals surface area contributed by atoms with Crippen LogP contribution < -0.4 is 4.90 Å². The highest BCUT2D eigenvalue weighted by Gasteiger charge is 2.20. The highest BCUT2D eigenvalue weighted by Crippen LogP contribution is 2.43. The molecule has 2 heteroatoms. The van der Waals surface area contributed by atoms with Crippen LogP contribution in [-0.2, 0) is 0 Å². The highest BCUT2D eigenvalue weighted by atomic mass is 16.3. The molecule has 9 rings (SSSR count). The fourth-order valence-corrected chi connectivity index (χ4v) is 6.70. The van der Waals surface area contributed by atoms with Gasteiger partial charge in [-0.25, -0.2) is 0 Å². The Hall–Kier alpha value is -6.12. The predicted octanol–water partition coefficient (Wildman–Crippen LogP) is 12.7. The number of nitrogens with zero attached hydrogens (tertiary/aromatic N) is 1. The van der Waals surface area contributed by atoms with Crippen LogP contribution >= 0.6 is 0 Å². The van der Waals surface area contributed by atoms with E-state index in [4.69, 9.17) is 4.42 Å². The summed E-state index contributed by atoms with van der Waals surface area (Å²) in [5, 5.41) is 7.02. The zero-order chi connectivity index (χ0) is 30.5. The minimum absolute atomic E-state index is 0.875. The van der Waals surface area contributed by atoms with Gasteiger partial charge < -0.3 is 9.32 Å². The molecule has 0 aliphatic heterocycles. The summed E-state index contributed by atoms with van der Waals surface area (Å²) < 4.78 is 6.59. The molecule has 0 fully saturated rings. The Morgan fingerprint density at radius 3 is 1.48 bits per heavy atom. The standard InChI is InChI=1S/C44H29NO/c1-3-10-30(11-4-1)34-20-18-32-22-24-38(28-36(32)26-34)45(42-16-9-15-41-40-14-7-8-17-43(40)46-44(41)42)39-25-23-33-19-21-35(27-37(33)29-39)31-12-5-2-6-13-31/h1-29H. The first-order valence-electron chi connectivity index (χ1n) is 15.7. The molecule has 0 bridgehead atoms. The lowest BCUT2D eigenvalue weighted by Crippen LogP contribution is -2.10. The molecule has 9 aromatic rings. The summed E-state index contributed by atoms with van der Waals surface area (Å²) in [6, 6.07) is 62.8. The Bertz CT molecular complexity index is 2410. The van der Waals surface area contributed by atoms with Crippen molar-refractivity contribution in [3.8, 4) is 22.3 Å². The van der Waals surface area contributed by atoms with E-state index in [-0.39, 0.29) is 0 Å². The Kier molecular flexibility index (Phi) is 6.17. The Morgan fingerprint density at radius 2 is 0.870 bits per heavy atom. The van der Waals surface area contributed by atoms with Crippen molar-refractivity contribution in [3.63, 3.8) is 0 Å². The van der Waals surface area contributed by atoms with Crippen molar-refractivity contribution in [2.75, 3.05) is 4.90 Å². The van der Waals surface area contributed by atoms with Gasteiger partial charge in [0.1, 0.15) is 5.58 Å². The van der Waals surface area contributed by atoms with E-state index in [9.17, 15) is 0 Å². The summed E-state index contributed by atoms with van der Waals surface area (Å²) >= 11 is 0. The first kappa shape index (κ1) is 26.3. The second-order valence-corrected chi connectivity index (χ2v) is 11.8. The largest absolute Gasteiger partial charge is 0.454 e. The van der Waals surface area contributed by atoms with E-state index < -0.39 is 0 Å². The molecule has 2 nitrogen and oxygen atoms in total. The molecule has 8 aromatic carbocycles. The smallest absolute Gasteiger partial charge is 0.159 e. The Labute approximate surface area is 267 Å². The van der Waals surface area contributed by atoms with Crippen LogP contribution in [0.15, 0.2) is 180 Å². The number of rotatable bonds is 5. The van der Waals surface area contributed by atoms with Gasteiger partial charge >= 0.3 is 0 Å². The predicted molar refractivity (Wildman–Crippen MR) is 194 cm³/mol. The van der Waals surface area contributed by atoms with Crippen LogP contribution in [0.25, 0.3) is 65.7 Å². The van der Waals surface area contributed by atoms with Crippen LogP contribution in [0.5, 0.6) is 0 Å². The zero-order valence-electron chi connectivity index (χ0n) is 25.1. The van der Waals surface area contributed by atoms with E-state index in [1.807, 2.05) is 12.1 Å². The molecule has 0 atom stereocenters. The molecule has 0 amide bonds. The Morgan fingerprint density at radius 1 is 0.348 bits per heavy atom. The first-order valence-corrected chi connectivity index (χ1v) is 15.7. The van der Waals surface area contributed by atoms with Gasteiger partial charge in [-0.3, -0.25) is 0 Å². The number of hydrogen-bond acceptors (Lipinski definition) is 2. The van der Waals surface area contributed by atoms with E-state index in [1.54, 1.807) is 0 Å². The minimum atomic E-state index is 0.875. The lowest BCUT2D eigenvalue weighted by atomic mass is 9.99. The maximum atomic E-state index is 6.59. The molecular weight excluding hydrogens is 558 g/mol. The maximum absolute atomic E-state index is 6.59. The van der Waals surface area contributed by atoms with Gasteiger partial charge in [-0.05, 0) is 92.3 Å². The van der Waals surface area contributed by atoms with Crippen molar-refractivity contribution < 1.29 is 4.42 Å². The SMILES string of the molecule is c1ccc(-c2ccc3ccc(N(c4ccc5ccc(-c6ccccc6)cc5c4)c4cccc5c4oc4ccccc45)cc3c2)cc1. The molecule has 0 N–H and O–H groups in total. The van der Waals surface area contributed by atoms with Crippen molar-refractivity contribution in [1.82, 2.24) is 0 Å². The van der Waals surface area contributed by atoms with Crippen LogP contribution in [0.3, 0.4) is 0 Å². The summed E-state index contributed by atoms with van der Waals surface area (Å²) in [6.07, 6.45) is 0. The van der Waals surface area contributed by atoms with E-state index in [0.717, 1.165) is 39.0 Å². The molecule has 0 aliphatic rings. The van der Waals surface area contributed by atoms with E-state index in [0.29, 0.717) is 0 Å². The van der Waals surface area contributed by atoms with Gasteiger partial charge in [-0.15, -0.1) is 0 Å². The van der Waals surface area contributed by atoms with Gasteiger partial charge in [0.25, 0.3) is 0 Å². The quantitative estimate of drug-likeness (QED) is 0.199. The summed E-state index contributed by atoms with van der Waals surface area (Å²) in [5.41, 5.74) is 9.75. The van der Waals surface area contributed by atoms with Crippen LogP contribution in [0, 0.1) is 0 Å². The lowest BCUT2D eigenvalue weighted by molar-refractivity contribution is 0.669. The third-order valence-corrected chi connectivity index (χ3v) is 9.00. The molecule has 46 heavy (non-hydrogen) atoms. The molecule has 0 saturated carbocycles. The number of hydrogen-bond donors (Lipinski definition) is 0. The minimum Gasteiger partial charge on any atom is -0.454 e. The number of furan rings is 1. The average molecular weight is 588 g/mol. The summed E-state index contributed by atoms with van der Waals surface area (Å²) in [6.45, 7) is 0. The number of para-hydroxylation sites is 2. The molecule has 0 saturated heterocycles. The van der Waals surface area contributed by atoms with Crippen LogP contribution in [0.1, 0.15) is 0 Å². The number of anilines is 3. The number of fused-ring (bicyclic) bond motifs is 5. The third kappa shape index (κ3) is 4.51. The van der Waals surface area contributed by atoms with Crippen LogP contribution in [-0.4, -0.2) is 0 Å². The van der Waals surface area contributed by atoms with Gasteiger partial charge in [-0.1, -0.05) is 127 Å². The monoisotopic (exact) mass is 587 g/mol. The van der Waals surface area contributed by atoms with E-state index in [2.05, 4.69) is 169 Å².